The van der Waals surface area contributed by atoms with E-state index in [0.29, 0.717) is 0 Å². The maximum absolute atomic E-state index is 3.39. The van der Waals surface area contributed by atoms with E-state index in [1.165, 1.54) is 22.3 Å². The van der Waals surface area contributed by atoms with Crippen molar-refractivity contribution in [3.05, 3.63) is 29.8 Å². The predicted octanol–water partition coefficient (Wildman–Crippen LogP) is 2.12. The number of nitrogens with one attached hydrogen (secondary N) is 1. The highest BCUT2D eigenvalue weighted by molar-refractivity contribution is 5.91. The Bertz CT molecular complexity index is 442. The molecule has 1 aliphatic heterocycles. The minimum absolute atomic E-state index is 1.08. The summed E-state index contributed by atoms with van der Waals surface area (Å²) in [4.78, 5) is 5.62. The molecule has 3 rings (SSSR count). The van der Waals surface area contributed by atoms with Gasteiger partial charge in [0, 0.05) is 30.1 Å². The van der Waals surface area contributed by atoms with E-state index < -0.39 is 0 Å². The summed E-state index contributed by atoms with van der Waals surface area (Å²) in [6.45, 7) is 1.08. The molecule has 1 aromatic carbocycles. The molecule has 60 valence electrons. The summed E-state index contributed by atoms with van der Waals surface area (Å²) in [5.74, 6) is 1.29. The number of hydrogen-bond donors (Lipinski definition) is 1. The van der Waals surface area contributed by atoms with E-state index in [1.807, 2.05) is 0 Å². The van der Waals surface area contributed by atoms with Crippen LogP contribution in [0.1, 0.15) is 5.56 Å². The van der Waals surface area contributed by atoms with Crippen LogP contribution >= 0.6 is 0 Å². The van der Waals surface area contributed by atoms with Crippen LogP contribution in [0.4, 0.5) is 5.82 Å². The number of nitrogens with zero attached hydrogens (tertiary/aromatic N) is 1. The Hall–Kier alpha value is -1.44. The number of aromatic nitrogens is 1. The fourth-order valence-electron chi connectivity index (χ4n) is 1.90. The monoisotopic (exact) mass is 158 g/mol. The highest BCUT2D eigenvalue weighted by atomic mass is 15.2. The zero-order chi connectivity index (χ0) is 8.13. The molecule has 2 heteroatoms. The molecule has 0 fully saturated rings. The van der Waals surface area contributed by atoms with Crippen LogP contribution in [0.25, 0.3) is 10.9 Å². The third-order valence-corrected chi connectivity index (χ3v) is 2.57. The average molecular weight is 158 g/mol. The van der Waals surface area contributed by atoms with Crippen LogP contribution < -0.4 is 4.90 Å². The molecule has 1 aromatic heterocycles. The molecule has 0 bridgehead atoms. The third kappa shape index (κ3) is 0.560. The van der Waals surface area contributed by atoms with Crippen LogP contribution in [-0.2, 0) is 6.54 Å². The van der Waals surface area contributed by atoms with Gasteiger partial charge in [-0.05, 0) is 6.07 Å². The Labute approximate surface area is 70.8 Å². The summed E-state index contributed by atoms with van der Waals surface area (Å²) in [7, 11) is 2.11. The second-order valence-corrected chi connectivity index (χ2v) is 3.35. The molecule has 12 heavy (non-hydrogen) atoms. The molecule has 2 heterocycles. The second-order valence-electron chi connectivity index (χ2n) is 3.35. The van der Waals surface area contributed by atoms with E-state index >= 15 is 0 Å². The minimum atomic E-state index is 1.08. The highest BCUT2D eigenvalue weighted by Crippen LogP contribution is 2.36. The molecule has 0 unspecified atom stereocenters. The number of aromatic amines is 1. The molecule has 0 atom stereocenters. The number of benzene rings is 1. The molecule has 0 saturated heterocycles. The zero-order valence-electron chi connectivity index (χ0n) is 6.96. The van der Waals surface area contributed by atoms with Crippen LogP contribution in [0.15, 0.2) is 24.3 Å². The van der Waals surface area contributed by atoms with Crippen molar-refractivity contribution in [1.82, 2.24) is 4.98 Å². The number of para-hydroxylation sites is 1. The Balaban J connectivity index is 2.42. The van der Waals surface area contributed by atoms with Gasteiger partial charge in [-0.2, -0.15) is 0 Å². The molecular weight excluding hydrogens is 148 g/mol. The van der Waals surface area contributed by atoms with Gasteiger partial charge in [-0.25, -0.2) is 0 Å². The Morgan fingerprint density at radius 3 is 3.00 bits per heavy atom. The Morgan fingerprint density at radius 1 is 1.33 bits per heavy atom. The summed E-state index contributed by atoms with van der Waals surface area (Å²) in [6.07, 6.45) is 0. The van der Waals surface area contributed by atoms with Gasteiger partial charge in [0.05, 0.1) is 0 Å². The van der Waals surface area contributed by atoms with E-state index in [4.69, 9.17) is 0 Å². The van der Waals surface area contributed by atoms with Crippen LogP contribution in [-0.4, -0.2) is 12.0 Å². The lowest BCUT2D eigenvalue weighted by Gasteiger charge is -2.28. The van der Waals surface area contributed by atoms with Gasteiger partial charge in [0.25, 0.3) is 0 Å². The van der Waals surface area contributed by atoms with Crippen molar-refractivity contribution in [3.63, 3.8) is 0 Å². The first-order chi connectivity index (χ1) is 5.86. The summed E-state index contributed by atoms with van der Waals surface area (Å²) < 4.78 is 0. The molecule has 1 aliphatic rings. The van der Waals surface area contributed by atoms with E-state index in [1.54, 1.807) is 0 Å². The van der Waals surface area contributed by atoms with Gasteiger partial charge in [0.2, 0.25) is 0 Å². The first-order valence-electron chi connectivity index (χ1n) is 4.17. The number of rotatable bonds is 0. The lowest BCUT2D eigenvalue weighted by Crippen LogP contribution is -2.26. The van der Waals surface area contributed by atoms with Gasteiger partial charge in [-0.15, -0.1) is 0 Å². The maximum atomic E-state index is 3.39. The fraction of sp³-hybridized carbons (Fsp3) is 0.200. The van der Waals surface area contributed by atoms with Crippen molar-refractivity contribution in [2.24, 2.45) is 0 Å². The van der Waals surface area contributed by atoms with Crippen LogP contribution in [0.3, 0.4) is 0 Å². The number of H-pyrrole nitrogens is 1. The Morgan fingerprint density at radius 2 is 2.17 bits per heavy atom. The van der Waals surface area contributed by atoms with Crippen molar-refractivity contribution >= 4 is 16.7 Å². The second kappa shape index (κ2) is 1.83. The molecule has 0 spiro atoms. The number of hydrogen-bond acceptors (Lipinski definition) is 1. The van der Waals surface area contributed by atoms with E-state index in [9.17, 15) is 0 Å². The summed E-state index contributed by atoms with van der Waals surface area (Å²) in [6, 6.07) is 8.46. The molecule has 1 N–H and O–H groups in total. The van der Waals surface area contributed by atoms with Crippen molar-refractivity contribution in [2.45, 2.75) is 6.54 Å². The average Bonchev–Trinajstić information content (AvgIpc) is 2.39. The summed E-state index contributed by atoms with van der Waals surface area (Å²) in [5.41, 5.74) is 2.72. The van der Waals surface area contributed by atoms with Crippen molar-refractivity contribution in [3.8, 4) is 0 Å². The van der Waals surface area contributed by atoms with Crippen molar-refractivity contribution in [1.29, 1.82) is 0 Å². The highest BCUT2D eigenvalue weighted by Gasteiger charge is 2.23. The number of anilines is 1. The SMILES string of the molecule is CN1Cc2c1[nH]c1ccccc21. The van der Waals surface area contributed by atoms with E-state index in [0.717, 1.165) is 6.54 Å². The van der Waals surface area contributed by atoms with Crippen LogP contribution in [0, 0.1) is 0 Å². The van der Waals surface area contributed by atoms with E-state index in [-0.39, 0.29) is 0 Å². The quantitative estimate of drug-likeness (QED) is 0.622. The first-order valence-corrected chi connectivity index (χ1v) is 4.17. The van der Waals surface area contributed by atoms with Gasteiger partial charge in [-0.1, -0.05) is 18.2 Å². The fourth-order valence-corrected chi connectivity index (χ4v) is 1.90. The van der Waals surface area contributed by atoms with Gasteiger partial charge < -0.3 is 9.88 Å². The lowest BCUT2D eigenvalue weighted by atomic mass is 10.1. The topological polar surface area (TPSA) is 19.0 Å². The molecule has 0 aliphatic carbocycles. The van der Waals surface area contributed by atoms with Crippen molar-refractivity contribution in [2.75, 3.05) is 11.9 Å². The standard InChI is InChI=1S/C10H10N2/c1-12-6-8-7-4-2-3-5-9(7)11-10(8)12/h2-5,11H,6H2,1H3. The molecule has 0 amide bonds. The maximum Gasteiger partial charge on any atom is 0.112 e. The minimum Gasteiger partial charge on any atom is -0.356 e. The Kier molecular flexibility index (Phi) is 0.933. The van der Waals surface area contributed by atoms with Crippen LogP contribution in [0.5, 0.6) is 0 Å². The van der Waals surface area contributed by atoms with Crippen molar-refractivity contribution < 1.29 is 0 Å². The largest absolute Gasteiger partial charge is 0.356 e. The molecule has 0 radical (unpaired) electrons. The van der Waals surface area contributed by atoms with Crippen LogP contribution in [0.2, 0.25) is 0 Å². The molecule has 2 nitrogen and oxygen atoms in total. The predicted molar refractivity (Wildman–Crippen MR) is 50.4 cm³/mol. The smallest absolute Gasteiger partial charge is 0.112 e. The van der Waals surface area contributed by atoms with Gasteiger partial charge in [0.1, 0.15) is 5.82 Å². The summed E-state index contributed by atoms with van der Waals surface area (Å²) in [5, 5.41) is 1.38. The lowest BCUT2D eigenvalue weighted by molar-refractivity contribution is 0.830. The van der Waals surface area contributed by atoms with Gasteiger partial charge in [-0.3, -0.25) is 0 Å². The van der Waals surface area contributed by atoms with E-state index in [2.05, 4.69) is 41.2 Å². The van der Waals surface area contributed by atoms with Gasteiger partial charge in [0.15, 0.2) is 0 Å². The van der Waals surface area contributed by atoms with Gasteiger partial charge >= 0.3 is 0 Å². The molecule has 2 aromatic rings. The summed E-state index contributed by atoms with van der Waals surface area (Å²) >= 11 is 0. The number of fused-ring (bicyclic) bond motifs is 3. The normalized spacial score (nSPS) is 14.6. The zero-order valence-corrected chi connectivity index (χ0v) is 6.96. The molecule has 0 saturated carbocycles. The third-order valence-electron chi connectivity index (χ3n) is 2.57. The first kappa shape index (κ1) is 6.12. The molecular formula is C10H10N2.